The maximum absolute atomic E-state index is 12.7. The lowest BCUT2D eigenvalue weighted by Gasteiger charge is -2.37. The Hall–Kier alpha value is -1.06. The smallest absolute Gasteiger partial charge is 0.312 e. The van der Waals surface area contributed by atoms with Gasteiger partial charge in [-0.15, -0.1) is 0 Å². The Labute approximate surface area is 141 Å². The van der Waals surface area contributed by atoms with Crippen LogP contribution in [0.1, 0.15) is 73.1 Å². The number of rotatable bonds is 8. The molecule has 0 radical (unpaired) electrons. The summed E-state index contributed by atoms with van der Waals surface area (Å²) in [5.41, 5.74) is -0.761. The van der Waals surface area contributed by atoms with Crippen molar-refractivity contribution in [1.82, 2.24) is 0 Å². The van der Waals surface area contributed by atoms with Crippen molar-refractivity contribution < 1.29 is 19.1 Å². The highest BCUT2D eigenvalue weighted by Gasteiger charge is 2.45. The number of carbonyl (C=O) groups is 2. The first-order valence-corrected chi connectivity index (χ1v) is 9.08. The molecule has 1 saturated carbocycles. The van der Waals surface area contributed by atoms with Crippen LogP contribution < -0.4 is 0 Å². The number of hydrogen-bond acceptors (Lipinski definition) is 4. The van der Waals surface area contributed by atoms with Gasteiger partial charge >= 0.3 is 11.9 Å². The largest absolute Gasteiger partial charge is 0.465 e. The van der Waals surface area contributed by atoms with E-state index in [9.17, 15) is 9.59 Å². The first kappa shape index (κ1) is 20.0. The first-order valence-electron chi connectivity index (χ1n) is 9.08. The van der Waals surface area contributed by atoms with Crippen LogP contribution in [-0.4, -0.2) is 25.2 Å². The molecule has 0 N–H and O–H groups in total. The maximum Gasteiger partial charge on any atom is 0.312 e. The molecule has 1 rings (SSSR count). The van der Waals surface area contributed by atoms with Gasteiger partial charge in [0.05, 0.1) is 25.0 Å². The van der Waals surface area contributed by atoms with Gasteiger partial charge in [0.1, 0.15) is 0 Å². The Balaban J connectivity index is 2.77. The molecule has 134 valence electrons. The number of esters is 2. The highest BCUT2D eigenvalue weighted by Crippen LogP contribution is 2.42. The summed E-state index contributed by atoms with van der Waals surface area (Å²) >= 11 is 0. The molecular formula is C19H34O4. The second-order valence-electron chi connectivity index (χ2n) is 8.00. The van der Waals surface area contributed by atoms with Gasteiger partial charge in [-0.2, -0.15) is 0 Å². The molecule has 0 spiro atoms. The molecule has 1 fully saturated rings. The van der Waals surface area contributed by atoms with E-state index in [0.29, 0.717) is 25.0 Å². The van der Waals surface area contributed by atoms with Gasteiger partial charge < -0.3 is 9.47 Å². The minimum absolute atomic E-state index is 0.126. The molecule has 4 heteroatoms. The standard InChI is InChI=1S/C19H34O4/c1-14(2)12-22-17(20)11-19(5,16-9-7-6-8-10-16)18(21)23-13-15(3)4/h14-16H,6-13H2,1-5H3. The van der Waals surface area contributed by atoms with E-state index >= 15 is 0 Å². The third-order valence-electron chi connectivity index (χ3n) is 4.61. The molecule has 0 aromatic heterocycles. The average Bonchev–Trinajstić information content (AvgIpc) is 2.51. The molecule has 0 heterocycles. The SMILES string of the molecule is CC(C)COC(=O)CC(C)(C(=O)OCC(C)C)C1CCCCC1. The molecular weight excluding hydrogens is 292 g/mol. The van der Waals surface area contributed by atoms with Crippen molar-refractivity contribution in [3.05, 3.63) is 0 Å². The first-order chi connectivity index (χ1) is 10.8. The average molecular weight is 326 g/mol. The van der Waals surface area contributed by atoms with Gasteiger partial charge in [-0.25, -0.2) is 0 Å². The van der Waals surface area contributed by atoms with Crippen molar-refractivity contribution in [2.45, 2.75) is 73.1 Å². The number of hydrogen-bond donors (Lipinski definition) is 0. The van der Waals surface area contributed by atoms with Crippen LogP contribution in [0.5, 0.6) is 0 Å². The minimum atomic E-state index is -0.761. The zero-order chi connectivity index (χ0) is 17.5. The molecule has 0 amide bonds. The summed E-state index contributed by atoms with van der Waals surface area (Å²) < 4.78 is 10.8. The normalized spacial score (nSPS) is 18.7. The van der Waals surface area contributed by atoms with Crippen LogP contribution in [0.25, 0.3) is 0 Å². The van der Waals surface area contributed by atoms with E-state index < -0.39 is 5.41 Å². The summed E-state index contributed by atoms with van der Waals surface area (Å²) in [5, 5.41) is 0. The summed E-state index contributed by atoms with van der Waals surface area (Å²) in [5.74, 6) is 0.283. The van der Waals surface area contributed by atoms with Crippen LogP contribution in [0.2, 0.25) is 0 Å². The van der Waals surface area contributed by atoms with E-state index in [1.54, 1.807) is 0 Å². The van der Waals surface area contributed by atoms with Gasteiger partial charge in [-0.1, -0.05) is 47.0 Å². The molecule has 0 aromatic carbocycles. The Bertz CT molecular complexity index is 383. The summed E-state index contributed by atoms with van der Waals surface area (Å²) in [6, 6.07) is 0. The van der Waals surface area contributed by atoms with Gasteiger partial charge in [0, 0.05) is 0 Å². The van der Waals surface area contributed by atoms with E-state index in [-0.39, 0.29) is 24.3 Å². The highest BCUT2D eigenvalue weighted by molar-refractivity contribution is 5.83. The van der Waals surface area contributed by atoms with Crippen LogP contribution in [0.3, 0.4) is 0 Å². The Kier molecular flexibility index (Phi) is 8.07. The summed E-state index contributed by atoms with van der Waals surface area (Å²) in [6.07, 6.45) is 5.57. The molecule has 1 aliphatic carbocycles. The molecule has 1 atom stereocenters. The quantitative estimate of drug-likeness (QED) is 0.622. The van der Waals surface area contributed by atoms with E-state index in [1.165, 1.54) is 6.42 Å². The van der Waals surface area contributed by atoms with Crippen LogP contribution in [0.15, 0.2) is 0 Å². The molecule has 0 saturated heterocycles. The van der Waals surface area contributed by atoms with Crippen molar-refractivity contribution in [3.63, 3.8) is 0 Å². The Morgan fingerprint density at radius 1 is 0.957 bits per heavy atom. The molecule has 1 unspecified atom stereocenters. The lowest BCUT2D eigenvalue weighted by Crippen LogP contribution is -2.41. The Morgan fingerprint density at radius 2 is 1.48 bits per heavy atom. The van der Waals surface area contributed by atoms with E-state index in [2.05, 4.69) is 0 Å². The third-order valence-corrected chi connectivity index (χ3v) is 4.61. The van der Waals surface area contributed by atoms with E-state index in [4.69, 9.17) is 9.47 Å². The molecule has 1 aliphatic rings. The second kappa shape index (κ2) is 9.29. The van der Waals surface area contributed by atoms with Crippen LogP contribution in [-0.2, 0) is 19.1 Å². The van der Waals surface area contributed by atoms with Crippen molar-refractivity contribution in [2.24, 2.45) is 23.2 Å². The number of carbonyl (C=O) groups excluding carboxylic acids is 2. The minimum Gasteiger partial charge on any atom is -0.465 e. The van der Waals surface area contributed by atoms with Crippen LogP contribution >= 0.6 is 0 Å². The van der Waals surface area contributed by atoms with Gasteiger partial charge in [-0.05, 0) is 37.5 Å². The predicted octanol–water partition coefficient (Wildman–Crippen LogP) is 4.36. The molecule has 0 aliphatic heterocycles. The van der Waals surface area contributed by atoms with Crippen molar-refractivity contribution in [3.8, 4) is 0 Å². The lowest BCUT2D eigenvalue weighted by atomic mass is 9.68. The topological polar surface area (TPSA) is 52.6 Å². The van der Waals surface area contributed by atoms with Gasteiger partial charge in [0.25, 0.3) is 0 Å². The summed E-state index contributed by atoms with van der Waals surface area (Å²) in [4.78, 5) is 24.9. The maximum atomic E-state index is 12.7. The fourth-order valence-corrected chi connectivity index (χ4v) is 3.14. The monoisotopic (exact) mass is 326 g/mol. The van der Waals surface area contributed by atoms with Gasteiger partial charge in [0.15, 0.2) is 0 Å². The zero-order valence-electron chi connectivity index (χ0n) is 15.5. The van der Waals surface area contributed by atoms with E-state index in [0.717, 1.165) is 25.7 Å². The molecule has 23 heavy (non-hydrogen) atoms. The second-order valence-corrected chi connectivity index (χ2v) is 8.00. The lowest BCUT2D eigenvalue weighted by molar-refractivity contribution is -0.167. The zero-order valence-corrected chi connectivity index (χ0v) is 15.5. The molecule has 4 nitrogen and oxygen atoms in total. The van der Waals surface area contributed by atoms with Gasteiger partial charge in [-0.3, -0.25) is 9.59 Å². The van der Waals surface area contributed by atoms with E-state index in [1.807, 2.05) is 34.6 Å². The van der Waals surface area contributed by atoms with Gasteiger partial charge in [0.2, 0.25) is 0 Å². The summed E-state index contributed by atoms with van der Waals surface area (Å²) in [7, 11) is 0. The fourth-order valence-electron chi connectivity index (χ4n) is 3.14. The van der Waals surface area contributed by atoms with Crippen LogP contribution in [0, 0.1) is 23.2 Å². The molecule has 0 bridgehead atoms. The third kappa shape index (κ3) is 6.52. The predicted molar refractivity (Wildman–Crippen MR) is 90.9 cm³/mol. The van der Waals surface area contributed by atoms with Crippen molar-refractivity contribution in [2.75, 3.05) is 13.2 Å². The highest BCUT2D eigenvalue weighted by atomic mass is 16.5. The number of ether oxygens (including phenoxy) is 2. The fraction of sp³-hybridized carbons (Fsp3) is 0.895. The Morgan fingerprint density at radius 3 is 2.00 bits per heavy atom. The molecule has 0 aromatic rings. The van der Waals surface area contributed by atoms with Crippen LogP contribution in [0.4, 0.5) is 0 Å². The summed E-state index contributed by atoms with van der Waals surface area (Å²) in [6.45, 7) is 10.7. The van der Waals surface area contributed by atoms with Crippen molar-refractivity contribution in [1.29, 1.82) is 0 Å². The van der Waals surface area contributed by atoms with Crippen molar-refractivity contribution >= 4 is 11.9 Å².